The van der Waals surface area contributed by atoms with Crippen LogP contribution in [0.1, 0.15) is 64.7 Å². The van der Waals surface area contributed by atoms with Crippen molar-refractivity contribution >= 4 is 5.97 Å². The summed E-state index contributed by atoms with van der Waals surface area (Å²) in [6.07, 6.45) is 10.2. The summed E-state index contributed by atoms with van der Waals surface area (Å²) in [5.41, 5.74) is -0.671. The van der Waals surface area contributed by atoms with Gasteiger partial charge in [-0.3, -0.25) is 9.69 Å². The first-order valence-corrected chi connectivity index (χ1v) is 8.89. The molecule has 2 unspecified atom stereocenters. The van der Waals surface area contributed by atoms with Gasteiger partial charge >= 0.3 is 5.97 Å². The van der Waals surface area contributed by atoms with E-state index in [0.717, 1.165) is 44.2 Å². The minimum atomic E-state index is -0.671. The second kappa shape index (κ2) is 6.25. The molecule has 0 spiro atoms. The van der Waals surface area contributed by atoms with Gasteiger partial charge in [0.15, 0.2) is 0 Å². The Morgan fingerprint density at radius 2 is 2.00 bits per heavy atom. The number of carbonyl (C=O) groups is 1. The van der Waals surface area contributed by atoms with Crippen LogP contribution in [-0.2, 0) is 4.79 Å². The highest BCUT2D eigenvalue weighted by Gasteiger charge is 2.46. The van der Waals surface area contributed by atoms with Crippen LogP contribution in [0.4, 0.5) is 0 Å². The molecule has 0 amide bonds. The van der Waals surface area contributed by atoms with Crippen molar-refractivity contribution in [3.63, 3.8) is 0 Å². The number of rotatable bonds is 8. The summed E-state index contributed by atoms with van der Waals surface area (Å²) in [4.78, 5) is 14.6. The summed E-state index contributed by atoms with van der Waals surface area (Å²) in [5, 5.41) is 13.2. The van der Waals surface area contributed by atoms with Crippen LogP contribution in [0, 0.1) is 5.92 Å². The van der Waals surface area contributed by atoms with Crippen molar-refractivity contribution in [2.75, 3.05) is 13.1 Å². The minimum Gasteiger partial charge on any atom is -0.480 e. The van der Waals surface area contributed by atoms with Crippen LogP contribution in [0.25, 0.3) is 0 Å². The number of carboxylic acid groups (broad SMARTS) is 1. The van der Waals surface area contributed by atoms with E-state index in [-0.39, 0.29) is 0 Å². The van der Waals surface area contributed by atoms with Gasteiger partial charge in [0.2, 0.25) is 0 Å². The van der Waals surface area contributed by atoms with Gasteiger partial charge in [0.1, 0.15) is 5.54 Å². The van der Waals surface area contributed by atoms with E-state index >= 15 is 0 Å². The molecule has 0 aromatic heterocycles. The van der Waals surface area contributed by atoms with Crippen LogP contribution < -0.4 is 5.32 Å². The molecule has 0 radical (unpaired) electrons. The first-order valence-electron chi connectivity index (χ1n) is 8.89. The molecule has 120 valence electrons. The third kappa shape index (κ3) is 3.59. The van der Waals surface area contributed by atoms with Gasteiger partial charge in [-0.2, -0.15) is 0 Å². The van der Waals surface area contributed by atoms with Crippen molar-refractivity contribution < 1.29 is 9.90 Å². The highest BCUT2D eigenvalue weighted by Crippen LogP contribution is 2.40. The molecule has 0 aliphatic heterocycles. The van der Waals surface area contributed by atoms with E-state index in [9.17, 15) is 9.90 Å². The van der Waals surface area contributed by atoms with Gasteiger partial charge in [-0.25, -0.2) is 0 Å². The van der Waals surface area contributed by atoms with E-state index in [4.69, 9.17) is 0 Å². The zero-order chi connectivity index (χ0) is 14.9. The highest BCUT2D eigenvalue weighted by molar-refractivity contribution is 5.79. The summed E-state index contributed by atoms with van der Waals surface area (Å²) < 4.78 is 0. The van der Waals surface area contributed by atoms with E-state index in [2.05, 4.69) is 17.1 Å². The van der Waals surface area contributed by atoms with Crippen LogP contribution in [0.5, 0.6) is 0 Å². The summed E-state index contributed by atoms with van der Waals surface area (Å²) in [6, 6.07) is 1.23. The molecule has 2 atom stereocenters. The number of nitrogens with zero attached hydrogens (tertiary/aromatic N) is 1. The van der Waals surface area contributed by atoms with E-state index < -0.39 is 11.5 Å². The molecule has 2 N–H and O–H groups in total. The molecule has 3 fully saturated rings. The van der Waals surface area contributed by atoms with Gasteiger partial charge in [-0.05, 0) is 70.3 Å². The Hall–Kier alpha value is -0.610. The standard InChI is InChI=1S/C17H30N2O2/c1-2-10-18-17(16(20)21)9-3-4-15(11-17)19(14-7-8-14)12-13-5-6-13/h13-15,18H,2-12H2,1H3,(H,20,21). The van der Waals surface area contributed by atoms with Crippen molar-refractivity contribution in [1.82, 2.24) is 10.2 Å². The van der Waals surface area contributed by atoms with Gasteiger partial charge in [-0.15, -0.1) is 0 Å². The van der Waals surface area contributed by atoms with Crippen molar-refractivity contribution in [2.24, 2.45) is 5.92 Å². The fourth-order valence-corrected chi connectivity index (χ4v) is 3.92. The molecule has 3 saturated carbocycles. The molecule has 0 saturated heterocycles. The lowest BCUT2D eigenvalue weighted by Gasteiger charge is -2.43. The average Bonchev–Trinajstić information content (AvgIpc) is 3.36. The predicted octanol–water partition coefficient (Wildman–Crippen LogP) is 2.63. The van der Waals surface area contributed by atoms with Gasteiger partial charge in [-0.1, -0.05) is 6.92 Å². The molecule has 0 heterocycles. The van der Waals surface area contributed by atoms with Crippen LogP contribution >= 0.6 is 0 Å². The van der Waals surface area contributed by atoms with Crippen molar-refractivity contribution in [1.29, 1.82) is 0 Å². The summed E-state index contributed by atoms with van der Waals surface area (Å²) in [7, 11) is 0. The molecular formula is C17H30N2O2. The monoisotopic (exact) mass is 294 g/mol. The summed E-state index contributed by atoms with van der Waals surface area (Å²) in [5.74, 6) is 0.262. The van der Waals surface area contributed by atoms with Gasteiger partial charge in [0.25, 0.3) is 0 Å². The number of hydrogen-bond donors (Lipinski definition) is 2. The first kappa shape index (κ1) is 15.3. The van der Waals surface area contributed by atoms with Crippen molar-refractivity contribution in [2.45, 2.75) is 82.3 Å². The lowest BCUT2D eigenvalue weighted by atomic mass is 9.78. The summed E-state index contributed by atoms with van der Waals surface area (Å²) >= 11 is 0. The minimum absolute atomic E-state index is 0.479. The molecule has 0 bridgehead atoms. The maximum absolute atomic E-state index is 11.9. The fraction of sp³-hybridized carbons (Fsp3) is 0.941. The molecule has 0 aromatic carbocycles. The van der Waals surface area contributed by atoms with E-state index in [1.807, 2.05) is 0 Å². The molecule has 4 heteroatoms. The maximum Gasteiger partial charge on any atom is 0.323 e. The smallest absolute Gasteiger partial charge is 0.323 e. The number of hydrogen-bond acceptors (Lipinski definition) is 3. The number of carboxylic acids is 1. The quantitative estimate of drug-likeness (QED) is 0.722. The third-order valence-corrected chi connectivity index (χ3v) is 5.50. The Labute approximate surface area is 128 Å². The van der Waals surface area contributed by atoms with E-state index in [1.165, 1.54) is 38.6 Å². The third-order valence-electron chi connectivity index (χ3n) is 5.50. The molecule has 3 aliphatic carbocycles. The van der Waals surface area contributed by atoms with Crippen LogP contribution in [0.3, 0.4) is 0 Å². The van der Waals surface area contributed by atoms with Crippen LogP contribution in [-0.4, -0.2) is 46.7 Å². The lowest BCUT2D eigenvalue weighted by molar-refractivity contribution is -0.147. The van der Waals surface area contributed by atoms with E-state index in [1.54, 1.807) is 0 Å². The Bertz CT molecular complexity index is 379. The number of aliphatic carboxylic acids is 1. The normalized spacial score (nSPS) is 33.3. The molecule has 3 aliphatic rings. The SMILES string of the molecule is CCCNC1(C(=O)O)CCCC(N(CC2CC2)C2CC2)C1. The number of nitrogens with one attached hydrogen (secondary N) is 1. The Morgan fingerprint density at radius 3 is 2.57 bits per heavy atom. The highest BCUT2D eigenvalue weighted by atomic mass is 16.4. The average molecular weight is 294 g/mol. The second-order valence-electron chi connectivity index (χ2n) is 7.44. The summed E-state index contributed by atoms with van der Waals surface area (Å²) in [6.45, 7) is 4.14. The Morgan fingerprint density at radius 1 is 1.24 bits per heavy atom. The van der Waals surface area contributed by atoms with Crippen molar-refractivity contribution in [3.05, 3.63) is 0 Å². The fourth-order valence-electron chi connectivity index (χ4n) is 3.92. The molecule has 4 nitrogen and oxygen atoms in total. The van der Waals surface area contributed by atoms with Crippen LogP contribution in [0.2, 0.25) is 0 Å². The largest absolute Gasteiger partial charge is 0.480 e. The van der Waals surface area contributed by atoms with Gasteiger partial charge in [0.05, 0.1) is 0 Å². The van der Waals surface area contributed by atoms with Crippen molar-refractivity contribution in [3.8, 4) is 0 Å². The maximum atomic E-state index is 11.9. The second-order valence-corrected chi connectivity index (χ2v) is 7.44. The van der Waals surface area contributed by atoms with Gasteiger partial charge < -0.3 is 10.4 Å². The molecule has 3 rings (SSSR count). The first-order chi connectivity index (χ1) is 10.1. The van der Waals surface area contributed by atoms with Gasteiger partial charge in [0, 0.05) is 18.6 Å². The lowest BCUT2D eigenvalue weighted by Crippen LogP contribution is -2.59. The van der Waals surface area contributed by atoms with Crippen LogP contribution in [0.15, 0.2) is 0 Å². The zero-order valence-electron chi connectivity index (χ0n) is 13.3. The predicted molar refractivity (Wildman–Crippen MR) is 83.4 cm³/mol. The van der Waals surface area contributed by atoms with E-state index in [0.29, 0.717) is 6.04 Å². The Balaban J connectivity index is 1.68. The Kier molecular flexibility index (Phi) is 4.55. The molecule has 0 aromatic rings. The topological polar surface area (TPSA) is 52.6 Å². The molecule has 21 heavy (non-hydrogen) atoms. The zero-order valence-corrected chi connectivity index (χ0v) is 13.3. The molecular weight excluding hydrogens is 264 g/mol.